The molecule has 3 aromatic carbocycles. The number of hydrogen-bond acceptors (Lipinski definition) is 4. The van der Waals surface area contributed by atoms with Crippen molar-refractivity contribution < 1.29 is 17.2 Å². The van der Waals surface area contributed by atoms with Crippen LogP contribution >= 0.6 is 35.0 Å². The minimum absolute atomic E-state index is 0.0245. The van der Waals surface area contributed by atoms with Crippen molar-refractivity contribution in [3.05, 3.63) is 105 Å². The molecule has 0 saturated carbocycles. The van der Waals surface area contributed by atoms with Crippen LogP contribution in [0.25, 0.3) is 5.69 Å². The number of sulfonamides is 1. The second-order valence-corrected chi connectivity index (χ2v) is 11.9. The molecule has 0 aliphatic carbocycles. The summed E-state index contributed by atoms with van der Waals surface area (Å²) < 4.78 is 53.2. The highest BCUT2D eigenvalue weighted by atomic mass is 35.5. The van der Waals surface area contributed by atoms with E-state index in [1.807, 2.05) is 18.4 Å². The van der Waals surface area contributed by atoms with Crippen LogP contribution in [0.15, 0.2) is 76.9 Å². The molecule has 0 bridgehead atoms. The van der Waals surface area contributed by atoms with Gasteiger partial charge in [0.25, 0.3) is 0 Å². The van der Waals surface area contributed by atoms with Gasteiger partial charge in [-0.1, -0.05) is 60.9 Å². The van der Waals surface area contributed by atoms with E-state index < -0.39 is 21.3 Å². The van der Waals surface area contributed by atoms with Crippen molar-refractivity contribution in [3.63, 3.8) is 0 Å². The van der Waals surface area contributed by atoms with Gasteiger partial charge in [0, 0.05) is 21.9 Å². The molecule has 0 saturated heterocycles. The van der Waals surface area contributed by atoms with Crippen molar-refractivity contribution in [3.8, 4) is 5.69 Å². The van der Waals surface area contributed by atoms with Gasteiger partial charge in [0.15, 0.2) is 5.16 Å². The minimum Gasteiger partial charge on any atom is -0.291 e. The average molecular weight is 568 g/mol. The molecular weight excluding hydrogens is 547 g/mol. The summed E-state index contributed by atoms with van der Waals surface area (Å²) in [6.07, 6.45) is 1.68. The Labute approximate surface area is 222 Å². The molecule has 0 unspecified atom stereocenters. The van der Waals surface area contributed by atoms with Crippen LogP contribution in [0, 0.1) is 11.6 Å². The van der Waals surface area contributed by atoms with E-state index in [4.69, 9.17) is 28.3 Å². The van der Waals surface area contributed by atoms with Crippen LogP contribution in [-0.2, 0) is 21.2 Å². The fourth-order valence-electron chi connectivity index (χ4n) is 3.76. The number of aromatic nitrogens is 2. The Kier molecular flexibility index (Phi) is 7.50. The number of imidazole rings is 1. The van der Waals surface area contributed by atoms with Crippen molar-refractivity contribution in [2.75, 3.05) is 0 Å². The number of benzene rings is 3. The first-order chi connectivity index (χ1) is 16.9. The van der Waals surface area contributed by atoms with E-state index in [-0.39, 0.29) is 15.7 Å². The summed E-state index contributed by atoms with van der Waals surface area (Å²) >= 11 is 13.7. The maximum Gasteiger partial charge on any atom is 0.239 e. The summed E-state index contributed by atoms with van der Waals surface area (Å²) in [6, 6.07) is 14.8. The summed E-state index contributed by atoms with van der Waals surface area (Å²) in [7, 11) is -4.05. The second-order valence-electron chi connectivity index (χ2n) is 8.58. The third-order valence-electron chi connectivity index (χ3n) is 5.79. The zero-order valence-electron chi connectivity index (χ0n) is 19.2. The van der Waals surface area contributed by atoms with Gasteiger partial charge in [-0.25, -0.2) is 27.3 Å². The predicted octanol–water partition coefficient (Wildman–Crippen LogP) is 6.72. The van der Waals surface area contributed by atoms with Gasteiger partial charge in [-0.2, -0.15) is 0 Å². The van der Waals surface area contributed by atoms with Gasteiger partial charge >= 0.3 is 0 Å². The number of rotatable bonds is 7. The minimum atomic E-state index is -4.05. The van der Waals surface area contributed by atoms with E-state index in [9.17, 15) is 17.2 Å². The van der Waals surface area contributed by atoms with Gasteiger partial charge in [0.1, 0.15) is 16.5 Å². The third-order valence-corrected chi connectivity index (χ3v) is 8.53. The summed E-state index contributed by atoms with van der Waals surface area (Å²) in [6.45, 7) is 3.82. The summed E-state index contributed by atoms with van der Waals surface area (Å²) in [5, 5.41) is 6.28. The van der Waals surface area contributed by atoms with Crippen molar-refractivity contribution in [2.45, 2.75) is 35.1 Å². The standard InChI is InChI=1S/C25H21Cl2F2N3O2S2/c1-25(2,16-4-10-20(26)22(11-16)36(30,33)34)23-13-31-24(32(23)19-8-6-17(28)7-9-19)35-14-15-3-5-18(29)12-21(15)27/h3-13H,14H2,1-2H3,(H2,30,33,34). The van der Waals surface area contributed by atoms with Crippen LogP contribution in [-0.4, -0.2) is 18.0 Å². The Balaban J connectivity index is 1.81. The van der Waals surface area contributed by atoms with Gasteiger partial charge < -0.3 is 0 Å². The average Bonchev–Trinajstić information content (AvgIpc) is 3.23. The largest absolute Gasteiger partial charge is 0.291 e. The summed E-state index contributed by atoms with van der Waals surface area (Å²) in [5.41, 5.74) is 1.97. The number of nitrogens with two attached hydrogens (primary N) is 1. The molecule has 1 heterocycles. The van der Waals surface area contributed by atoms with Gasteiger partial charge in [-0.3, -0.25) is 4.57 Å². The third kappa shape index (κ3) is 5.45. The zero-order chi connectivity index (χ0) is 26.3. The Morgan fingerprint density at radius 3 is 2.28 bits per heavy atom. The van der Waals surface area contributed by atoms with E-state index >= 15 is 0 Å². The Bertz CT molecular complexity index is 1540. The SMILES string of the molecule is CC(C)(c1ccc(Cl)c(S(N)(=O)=O)c1)c1cnc(SCc2ccc(F)cc2Cl)n1-c1ccc(F)cc1. The van der Waals surface area contributed by atoms with Crippen LogP contribution in [0.5, 0.6) is 0 Å². The van der Waals surface area contributed by atoms with Gasteiger partial charge in [0.05, 0.1) is 16.9 Å². The molecule has 11 heteroatoms. The molecule has 4 rings (SSSR count). The maximum atomic E-state index is 13.7. The lowest BCUT2D eigenvalue weighted by molar-refractivity contribution is 0.586. The molecule has 0 aliphatic rings. The quantitative estimate of drug-likeness (QED) is 0.251. The van der Waals surface area contributed by atoms with E-state index in [1.54, 1.807) is 30.5 Å². The fraction of sp³-hybridized carbons (Fsp3) is 0.160. The molecule has 1 aromatic heterocycles. The molecule has 0 fully saturated rings. The second kappa shape index (κ2) is 10.1. The van der Waals surface area contributed by atoms with Crippen LogP contribution < -0.4 is 5.14 Å². The number of halogens is 4. The molecule has 5 nitrogen and oxygen atoms in total. The lowest BCUT2D eigenvalue weighted by Gasteiger charge is -2.28. The fourth-order valence-corrected chi connectivity index (χ4v) is 6.14. The smallest absolute Gasteiger partial charge is 0.239 e. The van der Waals surface area contributed by atoms with Crippen LogP contribution in [0.1, 0.15) is 30.7 Å². The number of primary sulfonamides is 1. The van der Waals surface area contributed by atoms with Gasteiger partial charge in [-0.05, 0) is 59.7 Å². The summed E-state index contributed by atoms with van der Waals surface area (Å²) in [4.78, 5) is 4.43. The predicted molar refractivity (Wildman–Crippen MR) is 139 cm³/mol. The first kappa shape index (κ1) is 26.6. The zero-order valence-corrected chi connectivity index (χ0v) is 22.3. The molecule has 0 atom stereocenters. The topological polar surface area (TPSA) is 78.0 Å². The molecule has 0 amide bonds. The molecule has 36 heavy (non-hydrogen) atoms. The molecule has 0 spiro atoms. The summed E-state index contributed by atoms with van der Waals surface area (Å²) in [5.74, 6) is -0.400. The molecular formula is C25H21Cl2F2N3O2S2. The maximum absolute atomic E-state index is 13.7. The normalized spacial score (nSPS) is 12.2. The number of nitrogens with zero attached hydrogens (tertiary/aromatic N) is 2. The first-order valence-corrected chi connectivity index (χ1v) is 13.9. The van der Waals surface area contributed by atoms with Gasteiger partial charge in [-0.15, -0.1) is 0 Å². The number of thioether (sulfide) groups is 1. The highest BCUT2D eigenvalue weighted by Gasteiger charge is 2.31. The van der Waals surface area contributed by atoms with Crippen molar-refractivity contribution >= 4 is 45.0 Å². The first-order valence-electron chi connectivity index (χ1n) is 10.6. The van der Waals surface area contributed by atoms with Gasteiger partial charge in [0.2, 0.25) is 10.0 Å². The van der Waals surface area contributed by atoms with Crippen LogP contribution in [0.3, 0.4) is 0 Å². The molecule has 2 N–H and O–H groups in total. The van der Waals surface area contributed by atoms with E-state index in [0.29, 0.717) is 32.9 Å². The lowest BCUT2D eigenvalue weighted by Crippen LogP contribution is -2.24. The van der Waals surface area contributed by atoms with Crippen molar-refractivity contribution in [1.29, 1.82) is 0 Å². The van der Waals surface area contributed by atoms with Crippen molar-refractivity contribution in [1.82, 2.24) is 9.55 Å². The van der Waals surface area contributed by atoms with Crippen molar-refractivity contribution in [2.24, 2.45) is 5.14 Å². The van der Waals surface area contributed by atoms with Crippen LogP contribution in [0.4, 0.5) is 8.78 Å². The lowest BCUT2D eigenvalue weighted by atomic mass is 9.81. The Morgan fingerprint density at radius 2 is 1.64 bits per heavy atom. The number of hydrogen-bond donors (Lipinski definition) is 1. The Hall–Kier alpha value is -2.43. The monoisotopic (exact) mass is 567 g/mol. The highest BCUT2D eigenvalue weighted by molar-refractivity contribution is 7.98. The molecule has 4 aromatic rings. The molecule has 188 valence electrons. The van der Waals surface area contributed by atoms with E-state index in [1.165, 1.54) is 48.2 Å². The van der Waals surface area contributed by atoms with E-state index in [0.717, 1.165) is 5.56 Å². The molecule has 0 aliphatic heterocycles. The van der Waals surface area contributed by atoms with Crippen LogP contribution in [0.2, 0.25) is 10.0 Å². The van der Waals surface area contributed by atoms with E-state index in [2.05, 4.69) is 4.98 Å². The molecule has 0 radical (unpaired) electrons. The highest BCUT2D eigenvalue weighted by Crippen LogP contribution is 2.38. The Morgan fingerprint density at radius 1 is 0.972 bits per heavy atom.